The lowest BCUT2D eigenvalue weighted by molar-refractivity contribution is 0.282. The summed E-state index contributed by atoms with van der Waals surface area (Å²) in [6, 6.07) is 10.4. The fourth-order valence-corrected chi connectivity index (χ4v) is 5.31. The number of aryl methyl sites for hydroxylation is 1. The molecule has 0 amide bonds. The maximum atomic E-state index is 6.12. The number of unbranched alkanes of at least 4 members (excludes halogenated alkanes) is 13. The van der Waals surface area contributed by atoms with Gasteiger partial charge in [-0.15, -0.1) is 0 Å². The van der Waals surface area contributed by atoms with Crippen LogP contribution in [0.1, 0.15) is 102 Å². The van der Waals surface area contributed by atoms with Gasteiger partial charge in [-0.1, -0.05) is 132 Å². The Morgan fingerprint density at radius 3 is 1.97 bits per heavy atom. The van der Waals surface area contributed by atoms with E-state index in [1.807, 2.05) is 13.1 Å². The number of thioether (sulfide) groups is 1. The predicted octanol–water partition coefficient (Wildman–Crippen LogP) is 8.52. The van der Waals surface area contributed by atoms with Gasteiger partial charge < -0.3 is 4.74 Å². The number of aromatic nitrogens is 4. The number of benzene rings is 1. The molecule has 0 aliphatic rings. The minimum Gasteiger partial charge on any atom is -0.476 e. The van der Waals surface area contributed by atoms with Crippen molar-refractivity contribution in [3.63, 3.8) is 0 Å². The highest BCUT2D eigenvalue weighted by atomic mass is 32.2. The molecule has 0 unspecified atom stereocenters. The van der Waals surface area contributed by atoms with Gasteiger partial charge in [-0.2, -0.15) is 5.10 Å². The molecule has 3 rings (SSSR count). The minimum atomic E-state index is 0.711. The first-order valence-electron chi connectivity index (χ1n) is 13.8. The van der Waals surface area contributed by atoms with Gasteiger partial charge in [-0.25, -0.2) is 14.6 Å². The molecule has 6 heteroatoms. The molecule has 0 aliphatic carbocycles. The molecule has 0 saturated heterocycles. The van der Waals surface area contributed by atoms with Gasteiger partial charge in [-0.05, 0) is 12.0 Å². The summed E-state index contributed by atoms with van der Waals surface area (Å²) in [5.74, 6) is 1.61. The highest BCUT2D eigenvalue weighted by Gasteiger charge is 2.16. The number of nitrogens with zero attached hydrogens (tertiary/aromatic N) is 4. The molecule has 0 aliphatic heterocycles. The Kier molecular flexibility index (Phi) is 13.0. The molecule has 2 aromatic heterocycles. The average Bonchev–Trinajstić information content (AvgIpc) is 3.21. The molecule has 0 fully saturated rings. The van der Waals surface area contributed by atoms with E-state index in [9.17, 15) is 0 Å². The third kappa shape index (κ3) is 9.83. The third-order valence-corrected chi connectivity index (χ3v) is 7.54. The van der Waals surface area contributed by atoms with Gasteiger partial charge in [0.05, 0.1) is 6.61 Å². The monoisotopic (exact) mass is 496 g/mol. The molecule has 35 heavy (non-hydrogen) atoms. The van der Waals surface area contributed by atoms with Crippen LogP contribution < -0.4 is 4.74 Å². The van der Waals surface area contributed by atoms with E-state index in [4.69, 9.17) is 4.74 Å². The lowest BCUT2D eigenvalue weighted by atomic mass is 10.0. The van der Waals surface area contributed by atoms with Crippen LogP contribution in [0.4, 0.5) is 0 Å². The molecule has 2 heterocycles. The van der Waals surface area contributed by atoms with Crippen LogP contribution in [0.2, 0.25) is 0 Å². The van der Waals surface area contributed by atoms with Crippen LogP contribution in [0.5, 0.6) is 5.88 Å². The van der Waals surface area contributed by atoms with Crippen LogP contribution in [-0.2, 0) is 12.8 Å². The zero-order chi connectivity index (χ0) is 24.6. The highest BCUT2D eigenvalue weighted by molar-refractivity contribution is 7.98. The van der Waals surface area contributed by atoms with E-state index in [0.717, 1.165) is 34.1 Å². The van der Waals surface area contributed by atoms with Crippen LogP contribution in [0.25, 0.3) is 11.0 Å². The van der Waals surface area contributed by atoms with E-state index in [2.05, 4.69) is 46.3 Å². The second-order valence-electron chi connectivity index (χ2n) is 9.52. The molecule has 0 atom stereocenters. The first-order chi connectivity index (χ1) is 17.3. The van der Waals surface area contributed by atoms with Crippen molar-refractivity contribution in [2.45, 2.75) is 108 Å². The molecule has 1 aromatic carbocycles. The van der Waals surface area contributed by atoms with E-state index in [1.165, 1.54) is 89.0 Å². The van der Waals surface area contributed by atoms with Gasteiger partial charge in [0, 0.05) is 12.8 Å². The van der Waals surface area contributed by atoms with Crippen LogP contribution in [-0.4, -0.2) is 26.4 Å². The Bertz CT molecular complexity index is 960. The van der Waals surface area contributed by atoms with Crippen molar-refractivity contribution in [3.05, 3.63) is 42.2 Å². The summed E-state index contributed by atoms with van der Waals surface area (Å²) >= 11 is 1.69. The van der Waals surface area contributed by atoms with Gasteiger partial charge in [0.25, 0.3) is 0 Å². The number of fused-ring (bicyclic) bond motifs is 1. The number of hydrogen-bond acceptors (Lipinski definition) is 5. The zero-order valence-corrected chi connectivity index (χ0v) is 22.7. The van der Waals surface area contributed by atoms with Crippen LogP contribution in [0.3, 0.4) is 0 Å². The van der Waals surface area contributed by atoms with Gasteiger partial charge in [0.1, 0.15) is 16.9 Å². The highest BCUT2D eigenvalue weighted by Crippen LogP contribution is 2.31. The standard InChI is InChI=1S/C29H44N4OS/c1-3-4-5-6-7-8-9-10-11-12-13-14-15-19-22-34-29-27-26(32-33(29)2)28(31-24-30-27)35-23-25-20-17-16-18-21-25/h16-18,20-21,24H,3-15,19,22-23H2,1-2H3. The molecule has 3 aromatic rings. The van der Waals surface area contributed by atoms with Crippen LogP contribution >= 0.6 is 11.8 Å². The van der Waals surface area contributed by atoms with Crippen LogP contribution in [0.15, 0.2) is 41.7 Å². The van der Waals surface area contributed by atoms with E-state index in [1.54, 1.807) is 22.8 Å². The van der Waals surface area contributed by atoms with Crippen molar-refractivity contribution in [1.82, 2.24) is 19.7 Å². The Morgan fingerprint density at radius 1 is 0.743 bits per heavy atom. The Balaban J connectivity index is 1.28. The topological polar surface area (TPSA) is 52.8 Å². The lowest BCUT2D eigenvalue weighted by Gasteiger charge is -2.06. The largest absolute Gasteiger partial charge is 0.476 e. The summed E-state index contributed by atoms with van der Waals surface area (Å²) < 4.78 is 7.92. The van der Waals surface area contributed by atoms with E-state index < -0.39 is 0 Å². The van der Waals surface area contributed by atoms with E-state index in [0.29, 0.717) is 6.61 Å². The summed E-state index contributed by atoms with van der Waals surface area (Å²) in [7, 11) is 1.92. The molecule has 0 spiro atoms. The molecule has 0 bridgehead atoms. The summed E-state index contributed by atoms with van der Waals surface area (Å²) in [6.07, 6.45) is 20.7. The Hall–Kier alpha value is -2.08. The number of ether oxygens (including phenoxy) is 1. The van der Waals surface area contributed by atoms with Gasteiger partial charge in [0.2, 0.25) is 5.88 Å². The normalized spacial score (nSPS) is 11.4. The molecule has 0 N–H and O–H groups in total. The Labute approximate surface area is 216 Å². The maximum Gasteiger partial charge on any atom is 0.239 e. The average molecular weight is 497 g/mol. The third-order valence-electron chi connectivity index (χ3n) is 6.49. The number of rotatable bonds is 19. The van der Waals surface area contributed by atoms with Crippen molar-refractivity contribution < 1.29 is 4.74 Å². The van der Waals surface area contributed by atoms with Crippen molar-refractivity contribution in [1.29, 1.82) is 0 Å². The van der Waals surface area contributed by atoms with Gasteiger partial charge >= 0.3 is 0 Å². The minimum absolute atomic E-state index is 0.711. The molecule has 192 valence electrons. The smallest absolute Gasteiger partial charge is 0.239 e. The van der Waals surface area contributed by atoms with Gasteiger partial charge in [-0.3, -0.25) is 0 Å². The quantitative estimate of drug-likeness (QED) is 0.0945. The molecule has 0 saturated carbocycles. The maximum absolute atomic E-state index is 6.12. The second-order valence-corrected chi connectivity index (χ2v) is 10.5. The predicted molar refractivity (Wildman–Crippen MR) is 148 cm³/mol. The van der Waals surface area contributed by atoms with Crippen LogP contribution in [0, 0.1) is 0 Å². The molecule has 5 nitrogen and oxygen atoms in total. The number of hydrogen-bond donors (Lipinski definition) is 0. The van der Waals surface area contributed by atoms with Crippen molar-refractivity contribution in [2.75, 3.05) is 6.61 Å². The second kappa shape index (κ2) is 16.6. The molecule has 0 radical (unpaired) electrons. The van der Waals surface area contributed by atoms with Crippen molar-refractivity contribution in [2.24, 2.45) is 7.05 Å². The zero-order valence-electron chi connectivity index (χ0n) is 21.9. The molecular formula is C29H44N4OS. The summed E-state index contributed by atoms with van der Waals surface area (Å²) in [4.78, 5) is 8.95. The summed E-state index contributed by atoms with van der Waals surface area (Å²) in [5.41, 5.74) is 2.91. The first-order valence-corrected chi connectivity index (χ1v) is 14.8. The van der Waals surface area contributed by atoms with E-state index in [-0.39, 0.29) is 0 Å². The lowest BCUT2D eigenvalue weighted by Crippen LogP contribution is -2.02. The molecular weight excluding hydrogens is 452 g/mol. The summed E-state index contributed by atoms with van der Waals surface area (Å²) in [6.45, 7) is 3.00. The van der Waals surface area contributed by atoms with Crippen molar-refractivity contribution in [3.8, 4) is 5.88 Å². The first kappa shape index (κ1) is 27.5. The van der Waals surface area contributed by atoms with Crippen molar-refractivity contribution >= 4 is 22.8 Å². The fourth-order valence-electron chi connectivity index (χ4n) is 4.42. The summed E-state index contributed by atoms with van der Waals surface area (Å²) in [5, 5.41) is 5.56. The fraction of sp³-hybridized carbons (Fsp3) is 0.621. The van der Waals surface area contributed by atoms with E-state index >= 15 is 0 Å². The van der Waals surface area contributed by atoms with Gasteiger partial charge in [0.15, 0.2) is 5.52 Å². The Morgan fingerprint density at radius 2 is 1.34 bits per heavy atom. The SMILES string of the molecule is CCCCCCCCCCCCCCCCOc1c2ncnc(SCc3ccccc3)c2nn1C.